The molecule has 1 N–H and O–H groups in total. The molecule has 0 bridgehead atoms. The van der Waals surface area contributed by atoms with E-state index >= 15 is 0 Å². The Morgan fingerprint density at radius 1 is 1.12 bits per heavy atom. The summed E-state index contributed by atoms with van der Waals surface area (Å²) in [5.74, 6) is -0.314. The number of morpholine rings is 1. The third-order valence-electron chi connectivity index (χ3n) is 4.44. The van der Waals surface area contributed by atoms with Gasteiger partial charge in [0.1, 0.15) is 6.61 Å². The molecule has 1 aliphatic rings. The van der Waals surface area contributed by atoms with Crippen molar-refractivity contribution >= 4 is 11.8 Å². The minimum atomic E-state index is -0.708. The summed E-state index contributed by atoms with van der Waals surface area (Å²) in [6.07, 6.45) is 0.0465. The van der Waals surface area contributed by atoms with E-state index in [1.807, 2.05) is 60.7 Å². The third kappa shape index (κ3) is 4.06. The zero-order chi connectivity index (χ0) is 17.6. The molecule has 5 heteroatoms. The Hall–Kier alpha value is -2.66. The molecule has 130 valence electrons. The summed E-state index contributed by atoms with van der Waals surface area (Å²) in [6, 6.07) is 19.1. The number of nitrogens with one attached hydrogen (secondary N) is 1. The Morgan fingerprint density at radius 3 is 2.44 bits per heavy atom. The second-order valence-corrected chi connectivity index (χ2v) is 6.12. The molecule has 0 saturated carbocycles. The summed E-state index contributed by atoms with van der Waals surface area (Å²) in [5.41, 5.74) is 2.06. The third-order valence-corrected chi connectivity index (χ3v) is 4.44. The quantitative estimate of drug-likeness (QED) is 0.906. The highest BCUT2D eigenvalue weighted by Crippen LogP contribution is 2.28. The van der Waals surface area contributed by atoms with E-state index in [9.17, 15) is 9.59 Å². The van der Waals surface area contributed by atoms with Crippen molar-refractivity contribution in [1.82, 2.24) is 10.2 Å². The van der Waals surface area contributed by atoms with Gasteiger partial charge in [-0.1, -0.05) is 60.7 Å². The van der Waals surface area contributed by atoms with Crippen LogP contribution in [0.15, 0.2) is 60.7 Å². The van der Waals surface area contributed by atoms with E-state index in [4.69, 9.17) is 4.74 Å². The molecule has 0 radical (unpaired) electrons. The molecule has 5 nitrogen and oxygen atoms in total. The number of carbonyl (C=O) groups is 2. The van der Waals surface area contributed by atoms with Crippen LogP contribution in [0.25, 0.3) is 0 Å². The monoisotopic (exact) mass is 338 g/mol. The number of hydrogen-bond donors (Lipinski definition) is 1. The number of amides is 2. The second-order valence-electron chi connectivity index (χ2n) is 6.12. The van der Waals surface area contributed by atoms with E-state index in [-0.39, 0.29) is 18.4 Å². The highest BCUT2D eigenvalue weighted by Gasteiger charge is 2.39. The van der Waals surface area contributed by atoms with Gasteiger partial charge >= 0.3 is 0 Å². The summed E-state index contributed by atoms with van der Waals surface area (Å²) in [7, 11) is 1.72. The topological polar surface area (TPSA) is 58.6 Å². The van der Waals surface area contributed by atoms with E-state index < -0.39 is 12.1 Å². The molecule has 1 aliphatic heterocycles. The van der Waals surface area contributed by atoms with Crippen LogP contribution in [0.4, 0.5) is 0 Å². The number of benzene rings is 2. The molecule has 0 aromatic heterocycles. The maximum atomic E-state index is 12.7. The molecule has 1 heterocycles. The van der Waals surface area contributed by atoms with Crippen LogP contribution in [0.2, 0.25) is 0 Å². The van der Waals surface area contributed by atoms with Crippen molar-refractivity contribution in [3.05, 3.63) is 71.8 Å². The molecule has 2 aromatic rings. The molecule has 0 spiro atoms. The van der Waals surface area contributed by atoms with Crippen molar-refractivity contribution in [1.29, 1.82) is 0 Å². The summed E-state index contributed by atoms with van der Waals surface area (Å²) in [5, 5.41) is 2.93. The van der Waals surface area contributed by atoms with Crippen molar-refractivity contribution < 1.29 is 14.3 Å². The summed E-state index contributed by atoms with van der Waals surface area (Å²) in [4.78, 5) is 26.3. The highest BCUT2D eigenvalue weighted by molar-refractivity contribution is 5.86. The standard InChI is InChI=1S/C20H22N2O3/c1-22-17(23)14-25-19(18(22)16-10-6-3-7-11-16)20(24)21-13-12-15-8-4-2-5-9-15/h2-11,18-19H,12-14H2,1H3,(H,21,24). The van der Waals surface area contributed by atoms with E-state index in [1.54, 1.807) is 11.9 Å². The van der Waals surface area contributed by atoms with Crippen LogP contribution in [0.3, 0.4) is 0 Å². The molecule has 1 saturated heterocycles. The Balaban J connectivity index is 1.67. The number of likely N-dealkylation sites (N-methyl/N-ethyl adjacent to an activating group) is 1. The molecule has 2 aromatic carbocycles. The van der Waals surface area contributed by atoms with Gasteiger partial charge in [-0.2, -0.15) is 0 Å². The Bertz CT molecular complexity index is 718. The fourth-order valence-electron chi connectivity index (χ4n) is 3.06. The van der Waals surface area contributed by atoms with Gasteiger partial charge in [0.2, 0.25) is 5.91 Å². The van der Waals surface area contributed by atoms with Crippen LogP contribution in [0, 0.1) is 0 Å². The van der Waals surface area contributed by atoms with E-state index in [2.05, 4.69) is 5.32 Å². The number of ether oxygens (including phenoxy) is 1. The average molecular weight is 338 g/mol. The Labute approximate surface area is 147 Å². The van der Waals surface area contributed by atoms with Gasteiger partial charge in [-0.15, -0.1) is 0 Å². The van der Waals surface area contributed by atoms with Gasteiger partial charge in [-0.05, 0) is 17.5 Å². The number of nitrogens with zero attached hydrogens (tertiary/aromatic N) is 1. The van der Waals surface area contributed by atoms with Crippen molar-refractivity contribution in [3.8, 4) is 0 Å². The minimum Gasteiger partial charge on any atom is -0.356 e. The number of hydrogen-bond acceptors (Lipinski definition) is 3. The lowest BCUT2D eigenvalue weighted by Gasteiger charge is -2.38. The van der Waals surface area contributed by atoms with Crippen LogP contribution >= 0.6 is 0 Å². The lowest BCUT2D eigenvalue weighted by atomic mass is 9.97. The van der Waals surface area contributed by atoms with E-state index in [0.29, 0.717) is 6.54 Å². The zero-order valence-corrected chi connectivity index (χ0v) is 14.2. The first kappa shape index (κ1) is 17.2. The van der Waals surface area contributed by atoms with Crippen LogP contribution in [-0.4, -0.2) is 43.0 Å². The summed E-state index contributed by atoms with van der Waals surface area (Å²) < 4.78 is 5.59. The van der Waals surface area contributed by atoms with Crippen LogP contribution in [0.5, 0.6) is 0 Å². The maximum Gasteiger partial charge on any atom is 0.251 e. The molecule has 3 rings (SSSR count). The summed E-state index contributed by atoms with van der Waals surface area (Å²) >= 11 is 0. The van der Waals surface area contributed by atoms with Gasteiger partial charge in [-0.25, -0.2) is 0 Å². The average Bonchev–Trinajstić information content (AvgIpc) is 2.65. The first-order valence-electron chi connectivity index (χ1n) is 8.40. The van der Waals surface area contributed by atoms with Gasteiger partial charge in [0.05, 0.1) is 6.04 Å². The summed E-state index contributed by atoms with van der Waals surface area (Å²) in [6.45, 7) is 0.457. The molecule has 25 heavy (non-hydrogen) atoms. The molecular weight excluding hydrogens is 316 g/mol. The van der Waals surface area contributed by atoms with Crippen molar-refractivity contribution in [2.75, 3.05) is 20.2 Å². The lowest BCUT2D eigenvalue weighted by Crippen LogP contribution is -2.53. The van der Waals surface area contributed by atoms with Crippen molar-refractivity contribution in [2.24, 2.45) is 0 Å². The molecule has 2 unspecified atom stereocenters. The fourth-order valence-corrected chi connectivity index (χ4v) is 3.06. The lowest BCUT2D eigenvalue weighted by molar-refractivity contribution is -0.162. The number of rotatable bonds is 5. The van der Waals surface area contributed by atoms with Gasteiger partial charge in [0.25, 0.3) is 5.91 Å². The van der Waals surface area contributed by atoms with Crippen molar-refractivity contribution in [3.63, 3.8) is 0 Å². The predicted octanol–water partition coefficient (Wildman–Crippen LogP) is 1.94. The maximum absolute atomic E-state index is 12.7. The van der Waals surface area contributed by atoms with Crippen LogP contribution in [0.1, 0.15) is 17.2 Å². The normalized spacial score (nSPS) is 20.4. The first-order chi connectivity index (χ1) is 12.2. The van der Waals surface area contributed by atoms with Gasteiger partial charge in [0, 0.05) is 13.6 Å². The Kier molecular flexibility index (Phi) is 5.46. The molecule has 1 fully saturated rings. The van der Waals surface area contributed by atoms with Gasteiger partial charge < -0.3 is 15.0 Å². The van der Waals surface area contributed by atoms with Crippen molar-refractivity contribution in [2.45, 2.75) is 18.6 Å². The second kappa shape index (κ2) is 7.94. The zero-order valence-electron chi connectivity index (χ0n) is 14.2. The molecule has 0 aliphatic carbocycles. The predicted molar refractivity (Wildman–Crippen MR) is 94.8 cm³/mol. The van der Waals surface area contributed by atoms with E-state index in [1.165, 1.54) is 5.56 Å². The molecule has 2 atom stereocenters. The Morgan fingerprint density at radius 2 is 1.76 bits per heavy atom. The molecule has 2 amide bonds. The van der Waals surface area contributed by atoms with Gasteiger partial charge in [-0.3, -0.25) is 9.59 Å². The van der Waals surface area contributed by atoms with E-state index in [0.717, 1.165) is 12.0 Å². The first-order valence-corrected chi connectivity index (χ1v) is 8.40. The SMILES string of the molecule is CN1C(=O)COC(C(=O)NCCc2ccccc2)C1c1ccccc1. The highest BCUT2D eigenvalue weighted by atomic mass is 16.5. The largest absolute Gasteiger partial charge is 0.356 e. The smallest absolute Gasteiger partial charge is 0.251 e. The van der Waals surface area contributed by atoms with Gasteiger partial charge in [0.15, 0.2) is 6.10 Å². The molecular formula is C20H22N2O3. The fraction of sp³-hybridized carbons (Fsp3) is 0.300. The number of carbonyl (C=O) groups excluding carboxylic acids is 2. The van der Waals surface area contributed by atoms with Crippen LogP contribution in [-0.2, 0) is 20.7 Å². The van der Waals surface area contributed by atoms with Crippen LogP contribution < -0.4 is 5.32 Å². The minimum absolute atomic E-state index is 0.0728.